The summed E-state index contributed by atoms with van der Waals surface area (Å²) in [5.41, 5.74) is 0.800. The van der Waals surface area contributed by atoms with Crippen molar-refractivity contribution >= 4 is 5.84 Å². The maximum atomic E-state index is 5.58. The maximum Gasteiger partial charge on any atom is 0.129 e. The topological polar surface area (TPSA) is 24.8 Å². The molecule has 3 aliphatic rings. The van der Waals surface area contributed by atoms with Crippen molar-refractivity contribution in [2.24, 2.45) is 10.4 Å². The van der Waals surface area contributed by atoms with E-state index in [-0.39, 0.29) is 6.10 Å². The highest BCUT2D eigenvalue weighted by molar-refractivity contribution is 5.90. The Labute approximate surface area is 104 Å². The van der Waals surface area contributed by atoms with E-state index in [4.69, 9.17) is 9.73 Å². The molecule has 3 heteroatoms. The van der Waals surface area contributed by atoms with Gasteiger partial charge >= 0.3 is 0 Å². The van der Waals surface area contributed by atoms with Crippen LogP contribution in [-0.4, -0.2) is 42.6 Å². The molecular weight excluding hydrogens is 212 g/mol. The maximum absolute atomic E-state index is 5.58. The Kier molecular flexibility index (Phi) is 2.51. The number of nitrogens with zero attached hydrogens (tertiary/aromatic N) is 2. The first-order valence-corrected chi connectivity index (χ1v) is 6.95. The smallest absolute Gasteiger partial charge is 0.129 e. The third kappa shape index (κ3) is 1.41. The molecule has 17 heavy (non-hydrogen) atoms. The van der Waals surface area contributed by atoms with Gasteiger partial charge in [-0.15, -0.1) is 0 Å². The minimum atomic E-state index is 0.253. The molecule has 0 aromatic rings. The molecule has 0 amide bonds. The summed E-state index contributed by atoms with van der Waals surface area (Å²) in [4.78, 5) is 7.35. The first kappa shape index (κ1) is 11.5. The van der Waals surface area contributed by atoms with Crippen LogP contribution in [0.25, 0.3) is 0 Å². The Bertz CT molecular complexity index is 350. The molecule has 1 saturated heterocycles. The van der Waals surface area contributed by atoms with Crippen LogP contribution in [0.1, 0.15) is 46.0 Å². The lowest BCUT2D eigenvalue weighted by Crippen LogP contribution is -2.59. The van der Waals surface area contributed by atoms with Crippen LogP contribution >= 0.6 is 0 Å². The van der Waals surface area contributed by atoms with Gasteiger partial charge in [0.25, 0.3) is 0 Å². The van der Waals surface area contributed by atoms with E-state index in [1.54, 1.807) is 0 Å². The lowest BCUT2D eigenvalue weighted by Gasteiger charge is -2.51. The second kappa shape index (κ2) is 3.71. The van der Waals surface area contributed by atoms with Crippen LogP contribution in [0, 0.1) is 5.41 Å². The van der Waals surface area contributed by atoms with E-state index >= 15 is 0 Å². The summed E-state index contributed by atoms with van der Waals surface area (Å²) in [6.07, 6.45) is 6.68. The van der Waals surface area contributed by atoms with Crippen LogP contribution in [-0.2, 0) is 4.74 Å². The van der Waals surface area contributed by atoms with Crippen LogP contribution in [0.4, 0.5) is 0 Å². The second-order valence-electron chi connectivity index (χ2n) is 6.42. The molecular formula is C14H24N2O. The fourth-order valence-corrected chi connectivity index (χ4v) is 4.36. The van der Waals surface area contributed by atoms with Crippen molar-refractivity contribution in [2.45, 2.75) is 57.6 Å². The normalized spacial score (nSPS) is 39.6. The molecule has 0 bridgehead atoms. The highest BCUT2D eigenvalue weighted by Gasteiger charge is 2.56. The molecule has 1 spiro atoms. The second-order valence-corrected chi connectivity index (χ2v) is 6.42. The van der Waals surface area contributed by atoms with Gasteiger partial charge < -0.3 is 9.64 Å². The van der Waals surface area contributed by atoms with Crippen LogP contribution in [0.3, 0.4) is 0 Å². The zero-order valence-electron chi connectivity index (χ0n) is 11.3. The third-order valence-corrected chi connectivity index (χ3v) is 5.43. The molecule has 2 fully saturated rings. The van der Waals surface area contributed by atoms with Crippen LogP contribution in [0.2, 0.25) is 0 Å². The van der Waals surface area contributed by atoms with Gasteiger partial charge in [-0.2, -0.15) is 0 Å². The Morgan fingerprint density at radius 1 is 1.29 bits per heavy atom. The lowest BCUT2D eigenvalue weighted by atomic mass is 9.71. The minimum Gasteiger partial charge on any atom is -0.373 e. The number of aliphatic imine (C=N–C) groups is 1. The molecule has 2 atom stereocenters. The van der Waals surface area contributed by atoms with Crippen LogP contribution in [0.15, 0.2) is 4.99 Å². The van der Waals surface area contributed by atoms with Crippen molar-refractivity contribution in [1.82, 2.24) is 4.90 Å². The number of hydrogen-bond donors (Lipinski definition) is 0. The van der Waals surface area contributed by atoms with Gasteiger partial charge in [0.2, 0.25) is 0 Å². The number of amidine groups is 1. The Morgan fingerprint density at radius 3 is 2.76 bits per heavy atom. The van der Waals surface area contributed by atoms with Crippen molar-refractivity contribution in [1.29, 1.82) is 0 Å². The highest BCUT2D eigenvalue weighted by atomic mass is 16.5. The fourth-order valence-electron chi connectivity index (χ4n) is 4.36. The average molecular weight is 236 g/mol. The van der Waals surface area contributed by atoms with Gasteiger partial charge in [-0.3, -0.25) is 4.99 Å². The first-order valence-electron chi connectivity index (χ1n) is 6.95. The van der Waals surface area contributed by atoms with Gasteiger partial charge in [0.05, 0.1) is 0 Å². The van der Waals surface area contributed by atoms with E-state index in [2.05, 4.69) is 18.7 Å². The van der Waals surface area contributed by atoms with E-state index < -0.39 is 0 Å². The SMILES string of the molecule is CO[C@@H]1CCN2C1=NCC[C@@]21CCCC1(C)C. The van der Waals surface area contributed by atoms with E-state index in [0.29, 0.717) is 11.0 Å². The van der Waals surface area contributed by atoms with E-state index in [1.165, 1.54) is 31.5 Å². The fraction of sp³-hybridized carbons (Fsp3) is 0.929. The van der Waals surface area contributed by atoms with Crippen molar-refractivity contribution < 1.29 is 4.74 Å². The summed E-state index contributed by atoms with van der Waals surface area (Å²) in [7, 11) is 1.82. The molecule has 2 aliphatic heterocycles. The van der Waals surface area contributed by atoms with Crippen LogP contribution < -0.4 is 0 Å². The third-order valence-electron chi connectivity index (χ3n) is 5.43. The van der Waals surface area contributed by atoms with Gasteiger partial charge in [0.1, 0.15) is 11.9 Å². The predicted octanol–water partition coefficient (Wildman–Crippen LogP) is 2.46. The summed E-state index contributed by atoms with van der Waals surface area (Å²) < 4.78 is 5.58. The summed E-state index contributed by atoms with van der Waals surface area (Å²) in [6.45, 7) is 7.03. The van der Waals surface area contributed by atoms with E-state index in [0.717, 1.165) is 19.5 Å². The van der Waals surface area contributed by atoms with Crippen molar-refractivity contribution in [3.8, 4) is 0 Å². The summed E-state index contributed by atoms with van der Waals surface area (Å²) >= 11 is 0. The summed E-state index contributed by atoms with van der Waals surface area (Å²) in [5, 5.41) is 0. The molecule has 96 valence electrons. The monoisotopic (exact) mass is 236 g/mol. The van der Waals surface area contributed by atoms with Gasteiger partial charge in [-0.1, -0.05) is 20.3 Å². The number of ether oxygens (including phenoxy) is 1. The number of hydrogen-bond acceptors (Lipinski definition) is 3. The molecule has 2 heterocycles. The van der Waals surface area contributed by atoms with Gasteiger partial charge in [-0.05, 0) is 31.1 Å². The Hall–Kier alpha value is -0.570. The zero-order valence-corrected chi connectivity index (χ0v) is 11.3. The Balaban J connectivity index is 1.97. The van der Waals surface area contributed by atoms with E-state index in [1.807, 2.05) is 7.11 Å². The van der Waals surface area contributed by atoms with Crippen LogP contribution in [0.5, 0.6) is 0 Å². The number of rotatable bonds is 1. The van der Waals surface area contributed by atoms with Gasteiger partial charge in [-0.25, -0.2) is 0 Å². The standard InChI is InChI=1S/C14H24N2O/c1-13(2)6-4-7-14(13)8-9-15-12-11(17-3)5-10-16(12)14/h11H,4-10H2,1-3H3/t11-,14-/m1/s1. The van der Waals surface area contributed by atoms with Gasteiger partial charge in [0.15, 0.2) is 0 Å². The Morgan fingerprint density at radius 2 is 2.12 bits per heavy atom. The number of methoxy groups -OCH3 is 1. The number of fused-ring (bicyclic) bond motifs is 2. The first-order chi connectivity index (χ1) is 8.11. The molecule has 0 aromatic heterocycles. The molecule has 3 nitrogen and oxygen atoms in total. The van der Waals surface area contributed by atoms with Crippen molar-refractivity contribution in [3.63, 3.8) is 0 Å². The zero-order chi connectivity index (χ0) is 12.1. The quantitative estimate of drug-likeness (QED) is 0.698. The van der Waals surface area contributed by atoms with E-state index in [9.17, 15) is 0 Å². The molecule has 0 N–H and O–H groups in total. The predicted molar refractivity (Wildman–Crippen MR) is 69.4 cm³/mol. The van der Waals surface area contributed by atoms with Crippen molar-refractivity contribution in [3.05, 3.63) is 0 Å². The van der Waals surface area contributed by atoms with Gasteiger partial charge in [0, 0.05) is 25.7 Å². The molecule has 1 saturated carbocycles. The molecule has 0 unspecified atom stereocenters. The average Bonchev–Trinajstić information content (AvgIpc) is 2.83. The summed E-state index contributed by atoms with van der Waals surface area (Å²) in [6, 6.07) is 0. The minimum absolute atomic E-state index is 0.253. The highest BCUT2D eigenvalue weighted by Crippen LogP contribution is 2.54. The van der Waals surface area contributed by atoms with Crippen molar-refractivity contribution in [2.75, 3.05) is 20.2 Å². The molecule has 0 aromatic carbocycles. The summed E-state index contributed by atoms with van der Waals surface area (Å²) in [5.74, 6) is 1.24. The molecule has 0 radical (unpaired) electrons. The largest absolute Gasteiger partial charge is 0.373 e. The molecule has 1 aliphatic carbocycles. The lowest BCUT2D eigenvalue weighted by molar-refractivity contribution is 0.0532. The molecule has 3 rings (SSSR count).